The van der Waals surface area contributed by atoms with Crippen molar-refractivity contribution < 1.29 is 9.59 Å². The van der Waals surface area contributed by atoms with Gasteiger partial charge in [0, 0.05) is 24.6 Å². The minimum Gasteiger partial charge on any atom is -0.339 e. The second-order valence-corrected chi connectivity index (χ2v) is 3.98. The number of hydrogen-bond donors (Lipinski definition) is 0. The number of aldehydes is 1. The highest BCUT2D eigenvalue weighted by molar-refractivity contribution is 8.13. The van der Waals surface area contributed by atoms with Gasteiger partial charge in [0.1, 0.15) is 6.29 Å². The summed E-state index contributed by atoms with van der Waals surface area (Å²) in [6, 6.07) is 6.96. The molecule has 0 aliphatic heterocycles. The number of hydrogen-bond acceptors (Lipinski definition) is 3. The maximum Gasteiger partial charge on any atom is 0.285 e. The fourth-order valence-electron chi connectivity index (χ4n) is 0.843. The maximum atomic E-state index is 11.3. The molecule has 1 rings (SSSR count). The van der Waals surface area contributed by atoms with Crippen LogP contribution in [0.15, 0.2) is 29.2 Å². The van der Waals surface area contributed by atoms with Crippen LogP contribution in [0, 0.1) is 0 Å². The fraction of sp³-hybridized carbons (Fsp3) is 0.200. The predicted octanol–water partition coefficient (Wildman–Crippen LogP) is 2.27. The molecule has 0 radical (unpaired) electrons. The quantitative estimate of drug-likeness (QED) is 0.554. The number of carbonyl (C=O) groups excluding carboxylic acids is 2. The van der Waals surface area contributed by atoms with Gasteiger partial charge in [-0.15, -0.1) is 0 Å². The topological polar surface area (TPSA) is 37.4 Å². The molecule has 0 saturated heterocycles. The van der Waals surface area contributed by atoms with E-state index < -0.39 is 0 Å². The first-order chi connectivity index (χ1) is 6.63. The lowest BCUT2D eigenvalue weighted by atomic mass is 10.2. The van der Waals surface area contributed by atoms with Crippen LogP contribution in [0.25, 0.3) is 0 Å². The zero-order valence-corrected chi connectivity index (χ0v) is 8.88. The summed E-state index contributed by atoms with van der Waals surface area (Å²) in [5.41, 5.74) is 0.585. The van der Waals surface area contributed by atoms with Crippen LogP contribution in [0.1, 0.15) is 10.4 Å². The molecule has 1 aromatic rings. The van der Waals surface area contributed by atoms with Crippen LogP contribution in [0.4, 0.5) is 4.79 Å². The summed E-state index contributed by atoms with van der Waals surface area (Å²) >= 11 is 1.11. The van der Waals surface area contributed by atoms with E-state index in [0.29, 0.717) is 5.56 Å². The minimum absolute atomic E-state index is 0.0481. The molecule has 0 aromatic heterocycles. The van der Waals surface area contributed by atoms with Crippen molar-refractivity contribution in [1.29, 1.82) is 0 Å². The van der Waals surface area contributed by atoms with Crippen molar-refractivity contribution in [3.63, 3.8) is 0 Å². The normalized spacial score (nSPS) is 9.57. The predicted molar refractivity (Wildman–Crippen MR) is 56.8 cm³/mol. The highest BCUT2D eigenvalue weighted by atomic mass is 32.2. The van der Waals surface area contributed by atoms with Crippen LogP contribution in [0.5, 0.6) is 0 Å². The Bertz CT molecular complexity index is 350. The maximum absolute atomic E-state index is 11.3. The van der Waals surface area contributed by atoms with E-state index in [1.807, 2.05) is 0 Å². The van der Waals surface area contributed by atoms with Crippen molar-refractivity contribution in [3.8, 4) is 0 Å². The Morgan fingerprint density at radius 1 is 1.43 bits per heavy atom. The van der Waals surface area contributed by atoms with Gasteiger partial charge in [-0.1, -0.05) is 12.1 Å². The van der Waals surface area contributed by atoms with Crippen molar-refractivity contribution in [1.82, 2.24) is 4.90 Å². The Morgan fingerprint density at radius 2 is 2.14 bits per heavy atom. The molecule has 0 heterocycles. The number of amides is 1. The first kappa shape index (κ1) is 10.8. The van der Waals surface area contributed by atoms with Crippen LogP contribution < -0.4 is 0 Å². The van der Waals surface area contributed by atoms with Gasteiger partial charge in [-0.25, -0.2) is 0 Å². The largest absolute Gasteiger partial charge is 0.339 e. The smallest absolute Gasteiger partial charge is 0.285 e. The van der Waals surface area contributed by atoms with E-state index in [1.165, 1.54) is 4.90 Å². The number of benzene rings is 1. The van der Waals surface area contributed by atoms with Gasteiger partial charge in [0.05, 0.1) is 0 Å². The summed E-state index contributed by atoms with van der Waals surface area (Å²) in [4.78, 5) is 24.1. The average molecular weight is 209 g/mol. The van der Waals surface area contributed by atoms with E-state index in [4.69, 9.17) is 0 Å². The van der Waals surface area contributed by atoms with Gasteiger partial charge < -0.3 is 4.90 Å². The Hall–Kier alpha value is -1.29. The van der Waals surface area contributed by atoms with Crippen molar-refractivity contribution >= 4 is 23.3 Å². The van der Waals surface area contributed by atoms with Crippen molar-refractivity contribution in [2.75, 3.05) is 14.1 Å². The molecular weight excluding hydrogens is 198 g/mol. The third-order valence-electron chi connectivity index (χ3n) is 1.56. The Labute approximate surface area is 87.1 Å². The fourth-order valence-corrected chi connectivity index (χ4v) is 1.57. The first-order valence-electron chi connectivity index (χ1n) is 4.08. The van der Waals surface area contributed by atoms with Crippen LogP contribution in [0.3, 0.4) is 0 Å². The van der Waals surface area contributed by atoms with Crippen molar-refractivity contribution in [2.45, 2.75) is 4.90 Å². The molecule has 0 bridgehead atoms. The van der Waals surface area contributed by atoms with Gasteiger partial charge in [0.25, 0.3) is 5.24 Å². The number of thioether (sulfide) groups is 1. The highest BCUT2D eigenvalue weighted by Gasteiger charge is 2.06. The Morgan fingerprint density at radius 3 is 2.71 bits per heavy atom. The third kappa shape index (κ3) is 2.88. The first-order valence-corrected chi connectivity index (χ1v) is 4.89. The molecule has 0 aliphatic rings. The molecule has 0 aliphatic carbocycles. The van der Waals surface area contributed by atoms with Gasteiger partial charge in [0.2, 0.25) is 0 Å². The molecule has 1 amide bonds. The van der Waals surface area contributed by atoms with Gasteiger partial charge >= 0.3 is 0 Å². The van der Waals surface area contributed by atoms with Crippen LogP contribution in [0.2, 0.25) is 0 Å². The third-order valence-corrected chi connectivity index (χ3v) is 2.59. The second-order valence-electron chi connectivity index (χ2n) is 2.95. The number of carbonyl (C=O) groups is 2. The van der Waals surface area contributed by atoms with Crippen LogP contribution in [-0.4, -0.2) is 30.5 Å². The zero-order chi connectivity index (χ0) is 10.6. The average Bonchev–Trinajstić information content (AvgIpc) is 2.18. The summed E-state index contributed by atoms with van der Waals surface area (Å²) in [5.74, 6) is 0. The van der Waals surface area contributed by atoms with E-state index in [-0.39, 0.29) is 5.24 Å². The van der Waals surface area contributed by atoms with E-state index in [2.05, 4.69) is 0 Å². The summed E-state index contributed by atoms with van der Waals surface area (Å²) in [6.45, 7) is 0. The van der Waals surface area contributed by atoms with Gasteiger partial charge in [-0.05, 0) is 23.9 Å². The molecule has 0 unspecified atom stereocenters. The van der Waals surface area contributed by atoms with Crippen LogP contribution in [-0.2, 0) is 0 Å². The van der Waals surface area contributed by atoms with Gasteiger partial charge in [-0.3, -0.25) is 9.59 Å². The number of nitrogens with zero attached hydrogens (tertiary/aromatic N) is 1. The summed E-state index contributed by atoms with van der Waals surface area (Å²) in [7, 11) is 3.39. The van der Waals surface area contributed by atoms with Crippen molar-refractivity contribution in [2.24, 2.45) is 0 Å². The second kappa shape index (κ2) is 4.81. The molecule has 14 heavy (non-hydrogen) atoms. The minimum atomic E-state index is -0.0481. The van der Waals surface area contributed by atoms with E-state index in [1.54, 1.807) is 38.4 Å². The molecule has 0 saturated carbocycles. The van der Waals surface area contributed by atoms with Gasteiger partial charge in [-0.2, -0.15) is 0 Å². The lowest BCUT2D eigenvalue weighted by molar-refractivity contribution is 0.112. The lowest BCUT2D eigenvalue weighted by Gasteiger charge is -2.08. The standard InChI is InChI=1S/C10H11NO2S/c1-11(2)10(13)14-9-5-3-4-8(6-9)7-12/h3-7H,1-2H3. The molecule has 1 aromatic carbocycles. The number of rotatable bonds is 2. The highest BCUT2D eigenvalue weighted by Crippen LogP contribution is 2.20. The summed E-state index contributed by atoms with van der Waals surface area (Å²) < 4.78 is 0. The summed E-state index contributed by atoms with van der Waals surface area (Å²) in [6.07, 6.45) is 0.768. The molecule has 0 atom stereocenters. The molecular formula is C10H11NO2S. The SMILES string of the molecule is CN(C)C(=O)Sc1cccc(C=O)c1. The summed E-state index contributed by atoms with van der Waals surface area (Å²) in [5, 5.41) is -0.0481. The Balaban J connectivity index is 2.76. The van der Waals surface area contributed by atoms with E-state index in [9.17, 15) is 9.59 Å². The van der Waals surface area contributed by atoms with E-state index in [0.717, 1.165) is 22.9 Å². The molecule has 4 heteroatoms. The molecule has 74 valence electrons. The van der Waals surface area contributed by atoms with Gasteiger partial charge in [0.15, 0.2) is 0 Å². The molecule has 0 spiro atoms. The lowest BCUT2D eigenvalue weighted by Crippen LogP contribution is -2.15. The monoisotopic (exact) mass is 209 g/mol. The zero-order valence-electron chi connectivity index (χ0n) is 8.06. The Kier molecular flexibility index (Phi) is 3.71. The van der Waals surface area contributed by atoms with Crippen LogP contribution >= 0.6 is 11.8 Å². The molecule has 3 nitrogen and oxygen atoms in total. The van der Waals surface area contributed by atoms with E-state index >= 15 is 0 Å². The van der Waals surface area contributed by atoms with Crippen molar-refractivity contribution in [3.05, 3.63) is 29.8 Å². The molecule has 0 fully saturated rings. The molecule has 0 N–H and O–H groups in total.